The van der Waals surface area contributed by atoms with Gasteiger partial charge in [0.15, 0.2) is 0 Å². The third kappa shape index (κ3) is 4.44. The van der Waals surface area contributed by atoms with Crippen molar-refractivity contribution in [2.75, 3.05) is 13.7 Å². The summed E-state index contributed by atoms with van der Waals surface area (Å²) in [5.74, 6) is 5.12. The number of nitrogens with one attached hydrogen (secondary N) is 1. The topological polar surface area (TPSA) is 58.6 Å². The smallest absolute Gasteiger partial charge is 0.407 e. The molecule has 0 bridgehead atoms. The molecule has 0 radical (unpaired) electrons. The molecule has 18 heavy (non-hydrogen) atoms. The average Bonchev–Trinajstić information content (AvgIpc) is 2.39. The van der Waals surface area contributed by atoms with E-state index >= 15 is 0 Å². The first-order valence-corrected chi connectivity index (χ1v) is 5.37. The van der Waals surface area contributed by atoms with Crippen molar-refractivity contribution >= 4 is 6.09 Å². The van der Waals surface area contributed by atoms with Gasteiger partial charge in [0.1, 0.15) is 5.82 Å². The van der Waals surface area contributed by atoms with Crippen LogP contribution in [0.5, 0.6) is 0 Å². The van der Waals surface area contributed by atoms with E-state index in [0.717, 1.165) is 0 Å². The number of benzene rings is 1. The fraction of sp³-hybridized carbons (Fsp3) is 0.308. The van der Waals surface area contributed by atoms with Crippen LogP contribution in [0.4, 0.5) is 9.18 Å². The Morgan fingerprint density at radius 1 is 1.56 bits per heavy atom. The van der Waals surface area contributed by atoms with Gasteiger partial charge in [-0.2, -0.15) is 0 Å². The summed E-state index contributed by atoms with van der Waals surface area (Å²) in [5, 5.41) is 11.0. The maximum absolute atomic E-state index is 13.4. The zero-order valence-corrected chi connectivity index (χ0v) is 10.00. The largest absolute Gasteiger partial charge is 0.453 e. The first-order valence-electron chi connectivity index (χ1n) is 5.37. The summed E-state index contributed by atoms with van der Waals surface area (Å²) in [5.41, 5.74) is 0.961. The monoisotopic (exact) mass is 251 g/mol. The summed E-state index contributed by atoms with van der Waals surface area (Å²) in [6, 6.07) is 4.38. The predicted octanol–water partition coefficient (Wildman–Crippen LogP) is 1.42. The van der Waals surface area contributed by atoms with Crippen molar-refractivity contribution in [3.05, 3.63) is 35.1 Å². The van der Waals surface area contributed by atoms with E-state index in [0.29, 0.717) is 17.5 Å². The van der Waals surface area contributed by atoms with E-state index in [4.69, 9.17) is 5.11 Å². The number of alkyl carbamates (subject to hydrolysis) is 1. The zero-order valence-electron chi connectivity index (χ0n) is 10.00. The lowest BCUT2D eigenvalue weighted by Crippen LogP contribution is -2.22. The second-order valence-corrected chi connectivity index (χ2v) is 3.43. The molecule has 0 atom stereocenters. The molecular formula is C13H14FNO3. The van der Waals surface area contributed by atoms with Crippen LogP contribution < -0.4 is 5.32 Å². The highest BCUT2D eigenvalue weighted by molar-refractivity contribution is 5.66. The highest BCUT2D eigenvalue weighted by atomic mass is 19.1. The van der Waals surface area contributed by atoms with Gasteiger partial charge in [0, 0.05) is 24.1 Å². The molecule has 0 aliphatic heterocycles. The van der Waals surface area contributed by atoms with E-state index in [1.165, 1.54) is 13.2 Å². The molecule has 0 heterocycles. The average molecular weight is 251 g/mol. The maximum Gasteiger partial charge on any atom is 0.407 e. The molecule has 0 unspecified atom stereocenters. The van der Waals surface area contributed by atoms with Crippen LogP contribution >= 0.6 is 0 Å². The second kappa shape index (κ2) is 7.30. The SMILES string of the molecule is COC(=O)NCc1cc(C#CCCO)ccc1F. The molecule has 0 aliphatic carbocycles. The molecule has 0 spiro atoms. The normalized spacial score (nSPS) is 9.28. The van der Waals surface area contributed by atoms with Gasteiger partial charge in [-0.05, 0) is 18.2 Å². The molecule has 2 N–H and O–H groups in total. The Kier molecular flexibility index (Phi) is 5.68. The van der Waals surface area contributed by atoms with Crippen molar-refractivity contribution in [3.63, 3.8) is 0 Å². The third-order valence-corrected chi connectivity index (χ3v) is 2.12. The Morgan fingerprint density at radius 2 is 2.33 bits per heavy atom. The first kappa shape index (κ1) is 14.0. The van der Waals surface area contributed by atoms with Gasteiger partial charge in [0.2, 0.25) is 0 Å². The number of amides is 1. The number of halogens is 1. The second-order valence-electron chi connectivity index (χ2n) is 3.43. The molecule has 0 saturated heterocycles. The number of carbonyl (C=O) groups excluding carboxylic acids is 1. The highest BCUT2D eigenvalue weighted by Crippen LogP contribution is 2.10. The minimum atomic E-state index is -0.619. The Morgan fingerprint density at radius 3 is 3.00 bits per heavy atom. The summed E-state index contributed by atoms with van der Waals surface area (Å²) in [4.78, 5) is 10.9. The first-order chi connectivity index (χ1) is 8.67. The fourth-order valence-electron chi connectivity index (χ4n) is 1.25. The zero-order chi connectivity index (χ0) is 13.4. The number of aliphatic hydroxyl groups is 1. The molecule has 1 amide bonds. The van der Waals surface area contributed by atoms with Crippen LogP contribution in [0.15, 0.2) is 18.2 Å². The molecule has 1 aromatic carbocycles. The molecule has 0 aliphatic rings. The molecule has 96 valence electrons. The van der Waals surface area contributed by atoms with Gasteiger partial charge in [-0.25, -0.2) is 9.18 Å². The molecule has 4 nitrogen and oxygen atoms in total. The Hall–Kier alpha value is -2.06. The number of hydrogen-bond donors (Lipinski definition) is 2. The molecule has 0 saturated carbocycles. The van der Waals surface area contributed by atoms with Gasteiger partial charge in [0.25, 0.3) is 0 Å². The van der Waals surface area contributed by atoms with Gasteiger partial charge in [-0.1, -0.05) is 11.8 Å². The number of aliphatic hydroxyl groups excluding tert-OH is 1. The van der Waals surface area contributed by atoms with Crippen LogP contribution in [0.2, 0.25) is 0 Å². The molecule has 0 aromatic heterocycles. The van der Waals surface area contributed by atoms with Gasteiger partial charge in [-0.3, -0.25) is 0 Å². The lowest BCUT2D eigenvalue weighted by atomic mass is 10.1. The molecule has 1 aromatic rings. The lowest BCUT2D eigenvalue weighted by molar-refractivity contribution is 0.170. The molecule has 0 fully saturated rings. The van der Waals surface area contributed by atoms with E-state index in [1.807, 2.05) is 0 Å². The van der Waals surface area contributed by atoms with E-state index in [1.54, 1.807) is 12.1 Å². The van der Waals surface area contributed by atoms with Crippen LogP contribution in [0, 0.1) is 17.7 Å². The number of hydrogen-bond acceptors (Lipinski definition) is 3. The maximum atomic E-state index is 13.4. The van der Waals surface area contributed by atoms with Gasteiger partial charge < -0.3 is 15.2 Å². The lowest BCUT2D eigenvalue weighted by Gasteiger charge is -2.05. The highest BCUT2D eigenvalue weighted by Gasteiger charge is 2.05. The van der Waals surface area contributed by atoms with E-state index in [9.17, 15) is 9.18 Å². The van der Waals surface area contributed by atoms with Crippen LogP contribution in [-0.4, -0.2) is 24.9 Å². The molecular weight excluding hydrogens is 237 g/mol. The number of ether oxygens (including phenoxy) is 1. The minimum Gasteiger partial charge on any atom is -0.453 e. The Balaban J connectivity index is 2.75. The Labute approximate surface area is 105 Å². The summed E-state index contributed by atoms with van der Waals surface area (Å²) in [7, 11) is 1.24. The van der Waals surface area contributed by atoms with Crippen molar-refractivity contribution in [1.82, 2.24) is 5.32 Å². The van der Waals surface area contributed by atoms with Crippen LogP contribution in [0.25, 0.3) is 0 Å². The van der Waals surface area contributed by atoms with Crippen LogP contribution in [0.1, 0.15) is 17.5 Å². The minimum absolute atomic E-state index is 0.00898. The standard InChI is InChI=1S/C13H14FNO3/c1-18-13(17)15-9-11-8-10(4-2-3-7-16)5-6-12(11)14/h5-6,8,16H,3,7,9H2,1H3,(H,15,17). The summed E-state index contributed by atoms with van der Waals surface area (Å²) in [6.45, 7) is 0.0268. The quantitative estimate of drug-likeness (QED) is 0.799. The van der Waals surface area contributed by atoms with E-state index in [2.05, 4.69) is 21.9 Å². The van der Waals surface area contributed by atoms with Crippen molar-refractivity contribution < 1.29 is 19.0 Å². The van der Waals surface area contributed by atoms with Gasteiger partial charge in [-0.15, -0.1) is 0 Å². The predicted molar refractivity (Wildman–Crippen MR) is 64.2 cm³/mol. The number of methoxy groups -OCH3 is 1. The van der Waals surface area contributed by atoms with Crippen molar-refractivity contribution in [1.29, 1.82) is 0 Å². The van der Waals surface area contributed by atoms with E-state index < -0.39 is 11.9 Å². The van der Waals surface area contributed by atoms with Gasteiger partial charge in [0.05, 0.1) is 13.7 Å². The van der Waals surface area contributed by atoms with Gasteiger partial charge >= 0.3 is 6.09 Å². The van der Waals surface area contributed by atoms with Crippen molar-refractivity contribution in [2.45, 2.75) is 13.0 Å². The van der Waals surface area contributed by atoms with Crippen LogP contribution in [0.3, 0.4) is 0 Å². The summed E-state index contributed by atoms with van der Waals surface area (Å²) >= 11 is 0. The van der Waals surface area contributed by atoms with Crippen molar-refractivity contribution in [3.8, 4) is 11.8 Å². The summed E-state index contributed by atoms with van der Waals surface area (Å²) in [6.07, 6.45) is -0.251. The van der Waals surface area contributed by atoms with E-state index in [-0.39, 0.29) is 13.2 Å². The van der Waals surface area contributed by atoms with Crippen molar-refractivity contribution in [2.24, 2.45) is 0 Å². The Bertz CT molecular complexity index is 477. The van der Waals surface area contributed by atoms with Crippen LogP contribution in [-0.2, 0) is 11.3 Å². The number of rotatable bonds is 3. The molecule has 1 rings (SSSR count). The fourth-order valence-corrected chi connectivity index (χ4v) is 1.25. The number of carbonyl (C=O) groups is 1. The summed E-state index contributed by atoms with van der Waals surface area (Å²) < 4.78 is 17.8. The molecule has 5 heteroatoms. The third-order valence-electron chi connectivity index (χ3n) is 2.12.